The van der Waals surface area contributed by atoms with Crippen LogP contribution in [0, 0.1) is 11.3 Å². The minimum Gasteiger partial charge on any atom is -0.352 e. The van der Waals surface area contributed by atoms with Crippen LogP contribution in [0.3, 0.4) is 0 Å². The lowest BCUT2D eigenvalue weighted by Crippen LogP contribution is -2.31. The van der Waals surface area contributed by atoms with Gasteiger partial charge in [-0.15, -0.1) is 0 Å². The summed E-state index contributed by atoms with van der Waals surface area (Å²) in [5.74, 6) is -0.0432. The number of rotatable bonds is 6. The highest BCUT2D eigenvalue weighted by Gasteiger charge is 2.08. The van der Waals surface area contributed by atoms with Crippen LogP contribution < -0.4 is 11.1 Å². The Morgan fingerprint density at radius 1 is 1.56 bits per heavy atom. The van der Waals surface area contributed by atoms with Gasteiger partial charge in [-0.05, 0) is 24.1 Å². The molecule has 0 aromatic heterocycles. The molecule has 0 saturated heterocycles. The van der Waals surface area contributed by atoms with Crippen molar-refractivity contribution in [1.29, 1.82) is 5.26 Å². The van der Waals surface area contributed by atoms with E-state index in [1.54, 1.807) is 12.1 Å². The third-order valence-corrected chi connectivity index (χ3v) is 2.65. The second kappa shape index (κ2) is 7.46. The van der Waals surface area contributed by atoms with Gasteiger partial charge in [0.25, 0.3) is 0 Å². The van der Waals surface area contributed by atoms with E-state index in [4.69, 9.17) is 11.0 Å². The van der Waals surface area contributed by atoms with Crippen LogP contribution in [0.5, 0.6) is 0 Å². The van der Waals surface area contributed by atoms with E-state index in [-0.39, 0.29) is 11.9 Å². The lowest BCUT2D eigenvalue weighted by Gasteiger charge is -2.10. The van der Waals surface area contributed by atoms with E-state index in [0.29, 0.717) is 18.5 Å². The van der Waals surface area contributed by atoms with Crippen LogP contribution in [0.15, 0.2) is 24.3 Å². The fraction of sp³-hybridized carbons (Fsp3) is 0.429. The Morgan fingerprint density at radius 3 is 3.00 bits per heavy atom. The number of benzene rings is 1. The van der Waals surface area contributed by atoms with E-state index < -0.39 is 0 Å². The van der Waals surface area contributed by atoms with Crippen molar-refractivity contribution >= 4 is 5.91 Å². The van der Waals surface area contributed by atoms with Gasteiger partial charge in [0.1, 0.15) is 0 Å². The van der Waals surface area contributed by atoms with E-state index in [0.717, 1.165) is 18.4 Å². The Balaban J connectivity index is 2.40. The van der Waals surface area contributed by atoms with Gasteiger partial charge in [0.05, 0.1) is 11.6 Å². The van der Waals surface area contributed by atoms with Crippen molar-refractivity contribution in [3.8, 4) is 6.07 Å². The maximum atomic E-state index is 11.6. The number of nitrogens with two attached hydrogens (primary N) is 1. The maximum Gasteiger partial charge on any atom is 0.221 e. The summed E-state index contributed by atoms with van der Waals surface area (Å²) in [6.07, 6.45) is 2.20. The molecule has 0 heterocycles. The van der Waals surface area contributed by atoms with Gasteiger partial charge in [-0.2, -0.15) is 5.26 Å². The predicted molar refractivity (Wildman–Crippen MR) is 70.5 cm³/mol. The highest BCUT2D eigenvalue weighted by atomic mass is 16.1. The molecule has 4 heteroatoms. The smallest absolute Gasteiger partial charge is 0.221 e. The molecule has 0 saturated carbocycles. The van der Waals surface area contributed by atoms with Crippen molar-refractivity contribution in [1.82, 2.24) is 5.32 Å². The zero-order valence-corrected chi connectivity index (χ0v) is 10.6. The summed E-state index contributed by atoms with van der Waals surface area (Å²) in [6, 6.07) is 9.20. The predicted octanol–water partition coefficient (Wildman–Crippen LogP) is 1.69. The fourth-order valence-electron chi connectivity index (χ4n) is 1.73. The van der Waals surface area contributed by atoms with E-state index in [1.807, 2.05) is 19.1 Å². The normalized spacial score (nSPS) is 11.6. The molecule has 0 radical (unpaired) electrons. The Kier molecular flexibility index (Phi) is 5.89. The number of nitrogens with zero attached hydrogens (tertiary/aromatic N) is 1. The molecule has 4 nitrogen and oxygen atoms in total. The average molecular weight is 245 g/mol. The van der Waals surface area contributed by atoms with E-state index in [1.165, 1.54) is 0 Å². The van der Waals surface area contributed by atoms with Gasteiger partial charge >= 0.3 is 0 Å². The molecule has 1 aromatic rings. The highest BCUT2D eigenvalue weighted by Crippen LogP contribution is 2.04. The number of hydrogen-bond acceptors (Lipinski definition) is 3. The topological polar surface area (TPSA) is 78.9 Å². The molecule has 0 fully saturated rings. The van der Waals surface area contributed by atoms with Crippen LogP contribution in [0.4, 0.5) is 0 Å². The third kappa shape index (κ3) is 4.98. The number of hydrogen-bond donors (Lipinski definition) is 2. The molecule has 0 spiro atoms. The molecule has 1 rings (SSSR count). The first kappa shape index (κ1) is 14.2. The quantitative estimate of drug-likeness (QED) is 0.800. The van der Waals surface area contributed by atoms with Gasteiger partial charge < -0.3 is 11.1 Å². The molecule has 1 amide bonds. The average Bonchev–Trinajstić information content (AvgIpc) is 2.37. The maximum absolute atomic E-state index is 11.6. The van der Waals surface area contributed by atoms with Gasteiger partial charge in [0, 0.05) is 19.0 Å². The van der Waals surface area contributed by atoms with E-state index >= 15 is 0 Å². The minimum absolute atomic E-state index is 0.0432. The largest absolute Gasteiger partial charge is 0.352 e. The molecule has 3 N–H and O–H groups in total. The first-order valence-corrected chi connectivity index (χ1v) is 6.17. The van der Waals surface area contributed by atoms with Gasteiger partial charge in [-0.1, -0.05) is 25.5 Å². The molecule has 1 unspecified atom stereocenters. The van der Waals surface area contributed by atoms with Crippen LogP contribution >= 0.6 is 0 Å². The van der Waals surface area contributed by atoms with Crippen LogP contribution in [-0.2, 0) is 11.3 Å². The van der Waals surface area contributed by atoms with E-state index in [2.05, 4.69) is 11.4 Å². The van der Waals surface area contributed by atoms with Crippen LogP contribution in [0.2, 0.25) is 0 Å². The van der Waals surface area contributed by atoms with Crippen LogP contribution in [0.1, 0.15) is 37.3 Å². The molecule has 0 aliphatic carbocycles. The number of amides is 1. The second-order valence-corrected chi connectivity index (χ2v) is 4.34. The molecule has 96 valence electrons. The fourth-order valence-corrected chi connectivity index (χ4v) is 1.73. The Bertz CT molecular complexity index is 437. The molecule has 0 aliphatic rings. The third-order valence-electron chi connectivity index (χ3n) is 2.65. The Hall–Kier alpha value is -1.86. The summed E-state index contributed by atoms with van der Waals surface area (Å²) < 4.78 is 0. The SMILES string of the molecule is CCCC(N)CC(=O)NCc1cccc(C#N)c1. The first-order chi connectivity index (χ1) is 8.65. The van der Waals surface area contributed by atoms with Gasteiger partial charge in [0.2, 0.25) is 5.91 Å². The number of nitriles is 1. The van der Waals surface area contributed by atoms with Crippen molar-refractivity contribution in [3.63, 3.8) is 0 Å². The molecular formula is C14H19N3O. The van der Waals surface area contributed by atoms with Crippen LogP contribution in [0.25, 0.3) is 0 Å². The Labute approximate surface area is 108 Å². The molecule has 18 heavy (non-hydrogen) atoms. The van der Waals surface area contributed by atoms with Crippen molar-refractivity contribution in [2.45, 2.75) is 38.8 Å². The molecule has 0 aliphatic heterocycles. The summed E-state index contributed by atoms with van der Waals surface area (Å²) in [7, 11) is 0. The van der Waals surface area contributed by atoms with Gasteiger partial charge in [-0.25, -0.2) is 0 Å². The van der Waals surface area contributed by atoms with Crippen molar-refractivity contribution in [3.05, 3.63) is 35.4 Å². The molecule has 1 aromatic carbocycles. The summed E-state index contributed by atoms with van der Waals surface area (Å²) in [5, 5.41) is 11.6. The molecular weight excluding hydrogens is 226 g/mol. The lowest BCUT2D eigenvalue weighted by atomic mass is 10.1. The van der Waals surface area contributed by atoms with Crippen molar-refractivity contribution < 1.29 is 4.79 Å². The Morgan fingerprint density at radius 2 is 2.33 bits per heavy atom. The molecule has 0 bridgehead atoms. The summed E-state index contributed by atoms with van der Waals surface area (Å²) in [4.78, 5) is 11.6. The van der Waals surface area contributed by atoms with E-state index in [9.17, 15) is 4.79 Å². The zero-order valence-electron chi connectivity index (χ0n) is 10.6. The summed E-state index contributed by atoms with van der Waals surface area (Å²) >= 11 is 0. The second-order valence-electron chi connectivity index (χ2n) is 4.34. The lowest BCUT2D eigenvalue weighted by molar-refractivity contribution is -0.121. The molecule has 1 atom stereocenters. The monoisotopic (exact) mass is 245 g/mol. The standard InChI is InChI=1S/C14H19N3O/c1-2-4-13(16)8-14(18)17-10-12-6-3-5-11(7-12)9-15/h3,5-7,13H,2,4,8,10,16H2,1H3,(H,17,18). The first-order valence-electron chi connectivity index (χ1n) is 6.17. The summed E-state index contributed by atoms with van der Waals surface area (Å²) in [6.45, 7) is 2.48. The zero-order chi connectivity index (χ0) is 13.4. The van der Waals surface area contributed by atoms with Gasteiger partial charge in [0.15, 0.2) is 0 Å². The number of nitrogens with one attached hydrogen (secondary N) is 1. The van der Waals surface area contributed by atoms with Crippen LogP contribution in [-0.4, -0.2) is 11.9 Å². The number of carbonyl (C=O) groups excluding carboxylic acids is 1. The van der Waals surface area contributed by atoms with Crippen molar-refractivity contribution in [2.24, 2.45) is 5.73 Å². The van der Waals surface area contributed by atoms with Gasteiger partial charge in [-0.3, -0.25) is 4.79 Å². The minimum atomic E-state index is -0.0690. The number of carbonyl (C=O) groups is 1. The summed E-state index contributed by atoms with van der Waals surface area (Å²) in [5.41, 5.74) is 7.32. The highest BCUT2D eigenvalue weighted by molar-refractivity contribution is 5.76. The van der Waals surface area contributed by atoms with Crippen molar-refractivity contribution in [2.75, 3.05) is 0 Å².